The number of anilines is 1. The minimum Gasteiger partial charge on any atom is -0.379 e. The van der Waals surface area contributed by atoms with Crippen LogP contribution in [0, 0.1) is 17.5 Å². The molecule has 0 radical (unpaired) electrons. The van der Waals surface area contributed by atoms with E-state index in [-0.39, 0.29) is 36.8 Å². The summed E-state index contributed by atoms with van der Waals surface area (Å²) in [5.41, 5.74) is -0.0465. The Morgan fingerprint density at radius 1 is 1.06 bits per heavy atom. The molecule has 1 fully saturated rings. The van der Waals surface area contributed by atoms with Gasteiger partial charge in [0.25, 0.3) is 5.91 Å². The summed E-state index contributed by atoms with van der Waals surface area (Å²) in [5.74, 6) is -6.33. The van der Waals surface area contributed by atoms with E-state index in [9.17, 15) is 31.2 Å². The lowest BCUT2D eigenvalue weighted by Crippen LogP contribution is -2.41. The number of ether oxygens (including phenoxy) is 1. The van der Waals surface area contributed by atoms with Crippen molar-refractivity contribution in [2.75, 3.05) is 38.2 Å². The second-order valence-electron chi connectivity index (χ2n) is 7.15. The summed E-state index contributed by atoms with van der Waals surface area (Å²) in [6.07, 6.45) is 0.420. The Labute approximate surface area is 188 Å². The molecule has 2 N–H and O–H groups in total. The number of morpholine rings is 1. The Morgan fingerprint density at radius 2 is 1.76 bits per heavy atom. The Morgan fingerprint density at radius 3 is 2.42 bits per heavy atom. The first kappa shape index (κ1) is 24.7. The average molecular weight is 485 g/mol. The molecule has 12 heteroatoms. The van der Waals surface area contributed by atoms with E-state index in [0.29, 0.717) is 18.1 Å². The van der Waals surface area contributed by atoms with Gasteiger partial charge in [-0.1, -0.05) is 13.0 Å². The maximum atomic E-state index is 13.7. The van der Waals surface area contributed by atoms with Gasteiger partial charge >= 0.3 is 0 Å². The summed E-state index contributed by atoms with van der Waals surface area (Å²) >= 11 is 0. The molecule has 1 heterocycles. The van der Waals surface area contributed by atoms with E-state index in [1.807, 2.05) is 5.32 Å². The zero-order valence-corrected chi connectivity index (χ0v) is 18.5. The number of halogens is 3. The summed E-state index contributed by atoms with van der Waals surface area (Å²) in [4.78, 5) is 24.5. The molecule has 0 unspecified atom stereocenters. The van der Waals surface area contributed by atoms with Gasteiger partial charge in [-0.05, 0) is 36.2 Å². The average Bonchev–Trinajstić information content (AvgIpc) is 2.83. The van der Waals surface area contributed by atoms with Crippen LogP contribution in [0.15, 0.2) is 35.2 Å². The fourth-order valence-electron chi connectivity index (χ4n) is 3.23. The van der Waals surface area contributed by atoms with Crippen LogP contribution in [0.1, 0.15) is 22.8 Å². The van der Waals surface area contributed by atoms with Crippen LogP contribution in [-0.2, 0) is 26.0 Å². The van der Waals surface area contributed by atoms with Gasteiger partial charge in [-0.3, -0.25) is 9.59 Å². The first-order valence-corrected chi connectivity index (χ1v) is 11.5. The Balaban J connectivity index is 1.72. The molecule has 2 amide bonds. The summed E-state index contributed by atoms with van der Waals surface area (Å²) < 4.78 is 72.6. The number of sulfonamides is 1. The van der Waals surface area contributed by atoms with Crippen molar-refractivity contribution in [3.8, 4) is 0 Å². The van der Waals surface area contributed by atoms with Gasteiger partial charge in [0, 0.05) is 18.7 Å². The summed E-state index contributed by atoms with van der Waals surface area (Å²) in [7, 11) is -3.86. The highest BCUT2D eigenvalue weighted by Crippen LogP contribution is 2.24. The lowest BCUT2D eigenvalue weighted by molar-refractivity contribution is -0.115. The minimum atomic E-state index is -3.86. The van der Waals surface area contributed by atoms with Crippen molar-refractivity contribution in [1.82, 2.24) is 9.62 Å². The van der Waals surface area contributed by atoms with Gasteiger partial charge in [0.15, 0.2) is 17.5 Å². The monoisotopic (exact) mass is 485 g/mol. The van der Waals surface area contributed by atoms with Crippen LogP contribution in [0.3, 0.4) is 0 Å². The topological polar surface area (TPSA) is 105 Å². The second kappa shape index (κ2) is 10.3. The molecule has 0 aliphatic carbocycles. The van der Waals surface area contributed by atoms with E-state index in [0.717, 1.165) is 6.07 Å². The van der Waals surface area contributed by atoms with E-state index in [4.69, 9.17) is 4.74 Å². The molecule has 2 aromatic rings. The van der Waals surface area contributed by atoms with Crippen LogP contribution >= 0.6 is 0 Å². The Hall–Kier alpha value is -2.96. The van der Waals surface area contributed by atoms with Crippen molar-refractivity contribution >= 4 is 27.5 Å². The number of aryl methyl sites for hydroxylation is 1. The maximum Gasteiger partial charge on any atom is 0.251 e. The number of amides is 2. The lowest BCUT2D eigenvalue weighted by atomic mass is 10.1. The lowest BCUT2D eigenvalue weighted by Gasteiger charge is -2.27. The number of carbonyl (C=O) groups is 2. The number of hydrogen-bond donors (Lipinski definition) is 2. The smallest absolute Gasteiger partial charge is 0.251 e. The van der Waals surface area contributed by atoms with Crippen molar-refractivity contribution < 1.29 is 35.9 Å². The molecule has 178 valence electrons. The molecule has 0 atom stereocenters. The van der Waals surface area contributed by atoms with E-state index in [2.05, 4.69) is 5.32 Å². The molecule has 8 nitrogen and oxygen atoms in total. The largest absolute Gasteiger partial charge is 0.379 e. The van der Waals surface area contributed by atoms with Gasteiger partial charge in [0.05, 0.1) is 30.3 Å². The number of nitrogens with zero attached hydrogens (tertiary/aromatic N) is 1. The van der Waals surface area contributed by atoms with Gasteiger partial charge in [-0.25, -0.2) is 21.6 Å². The van der Waals surface area contributed by atoms with Crippen molar-refractivity contribution in [3.63, 3.8) is 0 Å². The Bertz CT molecular complexity index is 1170. The highest BCUT2D eigenvalue weighted by Gasteiger charge is 2.29. The molecular formula is C21H22F3N3O5S. The summed E-state index contributed by atoms with van der Waals surface area (Å²) in [6.45, 7) is 2.11. The molecule has 0 bridgehead atoms. The first-order valence-electron chi connectivity index (χ1n) is 10.1. The third-order valence-corrected chi connectivity index (χ3v) is 7.00. The van der Waals surface area contributed by atoms with Gasteiger partial charge in [0.2, 0.25) is 15.9 Å². The fourth-order valence-corrected chi connectivity index (χ4v) is 4.96. The van der Waals surface area contributed by atoms with E-state index in [1.54, 1.807) is 6.92 Å². The number of rotatable bonds is 7. The van der Waals surface area contributed by atoms with Crippen LogP contribution < -0.4 is 10.6 Å². The highest BCUT2D eigenvalue weighted by molar-refractivity contribution is 7.89. The molecular weight excluding hydrogens is 463 g/mol. The fraction of sp³-hybridized carbons (Fsp3) is 0.333. The highest BCUT2D eigenvalue weighted by atomic mass is 32.2. The van der Waals surface area contributed by atoms with Crippen molar-refractivity contribution in [2.45, 2.75) is 18.2 Å². The van der Waals surface area contributed by atoms with Gasteiger partial charge in [0.1, 0.15) is 0 Å². The van der Waals surface area contributed by atoms with Crippen molar-refractivity contribution in [3.05, 3.63) is 58.9 Å². The quantitative estimate of drug-likeness (QED) is 0.585. The van der Waals surface area contributed by atoms with Crippen molar-refractivity contribution in [2.24, 2.45) is 0 Å². The Kier molecular flexibility index (Phi) is 7.72. The van der Waals surface area contributed by atoms with Crippen LogP contribution in [0.5, 0.6) is 0 Å². The summed E-state index contributed by atoms with van der Waals surface area (Å²) in [5, 5.41) is 4.32. The molecule has 1 saturated heterocycles. The van der Waals surface area contributed by atoms with Crippen molar-refractivity contribution in [1.29, 1.82) is 0 Å². The van der Waals surface area contributed by atoms with Crippen LogP contribution in [0.25, 0.3) is 0 Å². The van der Waals surface area contributed by atoms with Crippen LogP contribution in [0.2, 0.25) is 0 Å². The molecule has 2 aromatic carbocycles. The SMILES string of the molecule is CCc1ccc(C(=O)NCC(=O)Nc2ccc(F)c(F)c2F)cc1S(=O)(=O)N1CCOCC1. The number of nitrogens with one attached hydrogen (secondary N) is 2. The second-order valence-corrected chi connectivity index (χ2v) is 9.05. The minimum absolute atomic E-state index is 0.00541. The third kappa shape index (κ3) is 5.52. The normalized spacial score (nSPS) is 14.7. The molecule has 1 aliphatic rings. The predicted molar refractivity (Wildman–Crippen MR) is 113 cm³/mol. The van der Waals surface area contributed by atoms with E-state index in [1.165, 1.54) is 22.5 Å². The number of hydrogen-bond acceptors (Lipinski definition) is 5. The zero-order valence-electron chi connectivity index (χ0n) is 17.7. The van der Waals surface area contributed by atoms with Gasteiger partial charge < -0.3 is 15.4 Å². The first-order chi connectivity index (χ1) is 15.6. The molecule has 0 aromatic heterocycles. The number of benzene rings is 2. The third-order valence-electron chi connectivity index (χ3n) is 5.02. The predicted octanol–water partition coefficient (Wildman–Crippen LogP) is 2.06. The summed E-state index contributed by atoms with van der Waals surface area (Å²) in [6, 6.07) is 5.70. The number of carbonyl (C=O) groups excluding carboxylic acids is 2. The zero-order chi connectivity index (χ0) is 24.2. The molecule has 0 spiro atoms. The van der Waals surface area contributed by atoms with Gasteiger partial charge in [-0.15, -0.1) is 0 Å². The van der Waals surface area contributed by atoms with Crippen LogP contribution in [-0.4, -0.2) is 57.4 Å². The van der Waals surface area contributed by atoms with E-state index >= 15 is 0 Å². The molecule has 33 heavy (non-hydrogen) atoms. The maximum absolute atomic E-state index is 13.7. The van der Waals surface area contributed by atoms with Gasteiger partial charge in [-0.2, -0.15) is 4.31 Å². The molecule has 1 aliphatic heterocycles. The molecule has 0 saturated carbocycles. The molecule has 3 rings (SSSR count). The van der Waals surface area contributed by atoms with E-state index < -0.39 is 51.5 Å². The van der Waals surface area contributed by atoms with Crippen LogP contribution in [0.4, 0.5) is 18.9 Å². The standard InChI is InChI=1S/C21H22F3N3O5S/c1-2-13-3-4-14(11-17(13)33(30,31)27-7-9-32-10-8-27)21(29)25-12-18(28)26-16-6-5-15(22)19(23)20(16)24/h3-6,11H,2,7-10,12H2,1H3,(H,25,29)(H,26,28).